The third-order valence-electron chi connectivity index (χ3n) is 5.92. The first kappa shape index (κ1) is 15.1. The lowest BCUT2D eigenvalue weighted by molar-refractivity contribution is 0.00779. The Balaban J connectivity index is 1.79. The molecule has 0 aromatic heterocycles. The Hall–Kier alpha value is -0.860. The van der Waals surface area contributed by atoms with Crippen LogP contribution in [-0.4, -0.2) is 29.1 Å². The first-order valence-corrected chi connectivity index (χ1v) is 8.61. The summed E-state index contributed by atoms with van der Waals surface area (Å²) in [5.74, 6) is 0. The molecule has 1 saturated carbocycles. The number of rotatable bonds is 3. The lowest BCUT2D eigenvalue weighted by atomic mass is 9.84. The molecule has 0 radical (unpaired) electrons. The van der Waals surface area contributed by atoms with Gasteiger partial charge in [-0.1, -0.05) is 49.6 Å². The Morgan fingerprint density at radius 1 is 1.14 bits per heavy atom. The zero-order valence-electron chi connectivity index (χ0n) is 13.9. The van der Waals surface area contributed by atoms with Crippen molar-refractivity contribution >= 4 is 0 Å². The van der Waals surface area contributed by atoms with Crippen LogP contribution in [0.2, 0.25) is 0 Å². The molecule has 1 saturated heterocycles. The average Bonchev–Trinajstić information content (AvgIpc) is 2.94. The minimum atomic E-state index is 0.290. The van der Waals surface area contributed by atoms with Gasteiger partial charge in [-0.2, -0.15) is 0 Å². The fourth-order valence-electron chi connectivity index (χ4n) is 4.00. The van der Waals surface area contributed by atoms with Gasteiger partial charge in [0.1, 0.15) is 0 Å². The number of benzene rings is 1. The molecule has 3 rings (SSSR count). The van der Waals surface area contributed by atoms with Crippen LogP contribution >= 0.6 is 0 Å². The average molecular weight is 286 g/mol. The highest BCUT2D eigenvalue weighted by Gasteiger charge is 2.45. The summed E-state index contributed by atoms with van der Waals surface area (Å²) in [6, 6.07) is 9.09. The van der Waals surface area contributed by atoms with E-state index in [9.17, 15) is 0 Å². The van der Waals surface area contributed by atoms with Crippen LogP contribution in [0.4, 0.5) is 0 Å². The van der Waals surface area contributed by atoms with Crippen LogP contribution < -0.4 is 5.32 Å². The molecule has 1 unspecified atom stereocenters. The molecule has 2 nitrogen and oxygen atoms in total. The van der Waals surface area contributed by atoms with Crippen LogP contribution in [0.3, 0.4) is 0 Å². The van der Waals surface area contributed by atoms with Gasteiger partial charge in [0.15, 0.2) is 0 Å². The van der Waals surface area contributed by atoms with Crippen LogP contribution in [0.15, 0.2) is 24.3 Å². The second-order valence-corrected chi connectivity index (χ2v) is 7.53. The molecule has 1 aromatic rings. The van der Waals surface area contributed by atoms with Gasteiger partial charge in [0.2, 0.25) is 0 Å². The lowest BCUT2D eigenvalue weighted by Crippen LogP contribution is -2.67. The molecular formula is C19H30N2. The van der Waals surface area contributed by atoms with Gasteiger partial charge in [-0.3, -0.25) is 4.90 Å². The molecule has 116 valence electrons. The standard InChI is InChI=1S/C19H30N2/c1-4-18(3)14-20-19(11-5-6-12-19)15-21(18)13-17-9-7-16(2)8-10-17/h7-10,20H,4-6,11-15H2,1-3H3. The molecule has 1 heterocycles. The Morgan fingerprint density at radius 3 is 2.43 bits per heavy atom. The summed E-state index contributed by atoms with van der Waals surface area (Å²) >= 11 is 0. The minimum absolute atomic E-state index is 0.290. The second-order valence-electron chi connectivity index (χ2n) is 7.53. The highest BCUT2D eigenvalue weighted by Crippen LogP contribution is 2.37. The highest BCUT2D eigenvalue weighted by atomic mass is 15.3. The topological polar surface area (TPSA) is 15.3 Å². The fraction of sp³-hybridized carbons (Fsp3) is 0.684. The normalized spacial score (nSPS) is 29.1. The zero-order valence-corrected chi connectivity index (χ0v) is 13.9. The van der Waals surface area contributed by atoms with Crippen molar-refractivity contribution in [2.24, 2.45) is 0 Å². The molecule has 1 aliphatic heterocycles. The number of piperazine rings is 1. The number of hydrogen-bond donors (Lipinski definition) is 1. The maximum Gasteiger partial charge on any atom is 0.0309 e. The molecule has 1 spiro atoms. The van der Waals surface area contributed by atoms with Gasteiger partial charge in [-0.05, 0) is 38.7 Å². The summed E-state index contributed by atoms with van der Waals surface area (Å²) in [4.78, 5) is 2.75. The van der Waals surface area contributed by atoms with Crippen molar-refractivity contribution in [1.29, 1.82) is 0 Å². The summed E-state index contributed by atoms with van der Waals surface area (Å²) in [5.41, 5.74) is 3.50. The summed E-state index contributed by atoms with van der Waals surface area (Å²) in [5, 5.41) is 3.92. The number of hydrogen-bond acceptors (Lipinski definition) is 2. The van der Waals surface area contributed by atoms with Crippen LogP contribution in [0.25, 0.3) is 0 Å². The maximum atomic E-state index is 3.92. The lowest BCUT2D eigenvalue weighted by Gasteiger charge is -2.52. The quantitative estimate of drug-likeness (QED) is 0.907. The maximum absolute atomic E-state index is 3.92. The summed E-state index contributed by atoms with van der Waals surface area (Å²) < 4.78 is 0. The Labute approximate surface area is 129 Å². The number of nitrogens with one attached hydrogen (secondary N) is 1. The van der Waals surface area contributed by atoms with E-state index in [0.717, 1.165) is 13.1 Å². The van der Waals surface area contributed by atoms with E-state index in [2.05, 4.69) is 55.3 Å². The van der Waals surface area contributed by atoms with Gasteiger partial charge in [0.05, 0.1) is 0 Å². The van der Waals surface area contributed by atoms with E-state index < -0.39 is 0 Å². The van der Waals surface area contributed by atoms with Crippen molar-refractivity contribution in [3.63, 3.8) is 0 Å². The second kappa shape index (κ2) is 5.73. The summed E-state index contributed by atoms with van der Waals surface area (Å²) in [6.45, 7) is 10.4. The van der Waals surface area contributed by atoms with Crippen molar-refractivity contribution in [1.82, 2.24) is 10.2 Å². The van der Waals surface area contributed by atoms with Gasteiger partial charge in [0, 0.05) is 30.7 Å². The van der Waals surface area contributed by atoms with E-state index in [1.165, 1.54) is 49.8 Å². The van der Waals surface area contributed by atoms with Gasteiger partial charge in [-0.15, -0.1) is 0 Å². The van der Waals surface area contributed by atoms with E-state index in [1.54, 1.807) is 0 Å². The van der Waals surface area contributed by atoms with Crippen molar-refractivity contribution in [3.05, 3.63) is 35.4 Å². The van der Waals surface area contributed by atoms with E-state index in [0.29, 0.717) is 11.1 Å². The molecule has 1 N–H and O–H groups in total. The first-order valence-electron chi connectivity index (χ1n) is 8.61. The first-order chi connectivity index (χ1) is 10.1. The monoisotopic (exact) mass is 286 g/mol. The molecule has 2 heteroatoms. The molecule has 1 aliphatic carbocycles. The molecule has 2 aliphatic rings. The molecule has 2 fully saturated rings. The largest absolute Gasteiger partial charge is 0.308 e. The van der Waals surface area contributed by atoms with Gasteiger partial charge in [0.25, 0.3) is 0 Å². The smallest absolute Gasteiger partial charge is 0.0309 e. The predicted molar refractivity (Wildman–Crippen MR) is 89.5 cm³/mol. The highest BCUT2D eigenvalue weighted by molar-refractivity contribution is 5.22. The van der Waals surface area contributed by atoms with Crippen LogP contribution in [0.5, 0.6) is 0 Å². The molecule has 0 amide bonds. The van der Waals surface area contributed by atoms with Crippen molar-refractivity contribution < 1.29 is 0 Å². The van der Waals surface area contributed by atoms with Crippen molar-refractivity contribution in [2.45, 2.75) is 70.5 Å². The summed E-state index contributed by atoms with van der Waals surface area (Å²) in [6.07, 6.45) is 6.72. The zero-order chi connectivity index (χ0) is 14.9. The third kappa shape index (κ3) is 3.02. The van der Waals surface area contributed by atoms with Crippen LogP contribution in [0.1, 0.15) is 57.1 Å². The van der Waals surface area contributed by atoms with E-state index in [1.807, 2.05) is 0 Å². The molecule has 1 aromatic carbocycles. The summed E-state index contributed by atoms with van der Waals surface area (Å²) in [7, 11) is 0. The van der Waals surface area contributed by atoms with Gasteiger partial charge < -0.3 is 5.32 Å². The fourth-order valence-corrected chi connectivity index (χ4v) is 4.00. The van der Waals surface area contributed by atoms with Crippen molar-refractivity contribution in [3.8, 4) is 0 Å². The molecule has 0 bridgehead atoms. The Kier molecular flexibility index (Phi) is 4.11. The third-order valence-corrected chi connectivity index (χ3v) is 5.92. The van der Waals surface area contributed by atoms with Crippen LogP contribution in [-0.2, 0) is 6.54 Å². The van der Waals surface area contributed by atoms with Gasteiger partial charge in [-0.25, -0.2) is 0 Å². The molecule has 21 heavy (non-hydrogen) atoms. The SMILES string of the molecule is CCC1(C)CNC2(CCCC2)CN1Cc1ccc(C)cc1. The van der Waals surface area contributed by atoms with Crippen LogP contribution in [0, 0.1) is 6.92 Å². The molecule has 1 atom stereocenters. The van der Waals surface area contributed by atoms with Gasteiger partial charge >= 0.3 is 0 Å². The Bertz CT molecular complexity index is 473. The molecular weight excluding hydrogens is 256 g/mol. The minimum Gasteiger partial charge on any atom is -0.308 e. The van der Waals surface area contributed by atoms with E-state index in [4.69, 9.17) is 0 Å². The number of aryl methyl sites for hydroxylation is 1. The van der Waals surface area contributed by atoms with E-state index in [-0.39, 0.29) is 0 Å². The van der Waals surface area contributed by atoms with E-state index >= 15 is 0 Å². The van der Waals surface area contributed by atoms with Crippen molar-refractivity contribution in [2.75, 3.05) is 13.1 Å². The predicted octanol–water partition coefficient (Wildman–Crippen LogP) is 3.88. The number of nitrogens with zero attached hydrogens (tertiary/aromatic N) is 1. The Morgan fingerprint density at radius 2 is 1.81 bits per heavy atom.